The molecule has 0 amide bonds. The third-order valence-electron chi connectivity index (χ3n) is 5.65. The van der Waals surface area contributed by atoms with Crippen molar-refractivity contribution in [3.63, 3.8) is 0 Å². The van der Waals surface area contributed by atoms with E-state index >= 15 is 0 Å². The highest BCUT2D eigenvalue weighted by Gasteiger charge is 2.36. The number of benzene rings is 1. The predicted octanol–water partition coefficient (Wildman–Crippen LogP) is 6.37. The number of methoxy groups -OCH3 is 2. The molecule has 0 spiro atoms. The van der Waals surface area contributed by atoms with E-state index in [1.54, 1.807) is 14.2 Å². The van der Waals surface area contributed by atoms with Crippen molar-refractivity contribution in [3.8, 4) is 5.75 Å². The lowest BCUT2D eigenvalue weighted by Crippen LogP contribution is -2.40. The highest BCUT2D eigenvalue weighted by Crippen LogP contribution is 2.36. The van der Waals surface area contributed by atoms with Crippen molar-refractivity contribution in [1.82, 2.24) is 0 Å². The van der Waals surface area contributed by atoms with Crippen LogP contribution in [0.1, 0.15) is 52.0 Å². The molecule has 0 N–H and O–H groups in total. The Bertz CT molecular complexity index is 605. The molecule has 0 aliphatic heterocycles. The molecule has 1 rings (SSSR count). The minimum absolute atomic E-state index is 0.270. The second-order valence-corrected chi connectivity index (χ2v) is 13.9. The maximum atomic E-state index is 6.29. The lowest BCUT2D eigenvalue weighted by atomic mass is 10.0. The number of unbranched alkanes of at least 4 members (excludes halogenated alkanes) is 1. The van der Waals surface area contributed by atoms with Gasteiger partial charge in [-0.15, -0.1) is 0 Å². The molecule has 0 aliphatic carbocycles. The third-order valence-corrected chi connectivity index (χ3v) is 10.2. The summed E-state index contributed by atoms with van der Waals surface area (Å²) in [5.74, 6) is 0.914. The molecule has 5 heteroatoms. The molecule has 0 fully saturated rings. The van der Waals surface area contributed by atoms with Crippen LogP contribution in [0.5, 0.6) is 5.75 Å². The first-order valence-corrected chi connectivity index (χ1v) is 13.6. The molecule has 0 saturated carbocycles. The van der Waals surface area contributed by atoms with Gasteiger partial charge in [-0.1, -0.05) is 39.0 Å². The molecule has 0 heterocycles. The highest BCUT2D eigenvalue weighted by atomic mass is 28.4. The van der Waals surface area contributed by atoms with Gasteiger partial charge < -0.3 is 18.6 Å². The van der Waals surface area contributed by atoms with Crippen LogP contribution in [0, 0.1) is 0 Å². The first kappa shape index (κ1) is 25.9. The number of hydrogen-bond donors (Lipinski definition) is 0. The van der Waals surface area contributed by atoms with Gasteiger partial charge in [-0.3, -0.25) is 0 Å². The summed E-state index contributed by atoms with van der Waals surface area (Å²) in [4.78, 5) is 0. The zero-order valence-corrected chi connectivity index (χ0v) is 20.7. The summed E-state index contributed by atoms with van der Waals surface area (Å²) in [7, 11) is 1.72. The van der Waals surface area contributed by atoms with Crippen LogP contribution in [0.4, 0.5) is 0 Å². The van der Waals surface area contributed by atoms with Crippen LogP contribution in [0.25, 0.3) is 0 Å². The van der Waals surface area contributed by atoms with Gasteiger partial charge in [0.1, 0.15) is 12.5 Å². The van der Waals surface area contributed by atoms with Crippen molar-refractivity contribution >= 4 is 8.32 Å². The van der Waals surface area contributed by atoms with Gasteiger partial charge in [-0.2, -0.15) is 0 Å². The summed E-state index contributed by atoms with van der Waals surface area (Å²) in [6, 6.07) is 8.28. The van der Waals surface area contributed by atoms with Gasteiger partial charge in [0.05, 0.1) is 13.7 Å². The molecular weight excluding hydrogens is 380 g/mol. The summed E-state index contributed by atoms with van der Waals surface area (Å²) in [5.41, 5.74) is 2.64. The molecule has 0 radical (unpaired) electrons. The Kier molecular flexibility index (Phi) is 11.8. The predicted molar refractivity (Wildman–Crippen MR) is 124 cm³/mol. The normalized spacial score (nSPS) is 13.0. The Morgan fingerprint density at radius 2 is 1.86 bits per heavy atom. The Labute approximate surface area is 179 Å². The molecule has 0 bridgehead atoms. The van der Waals surface area contributed by atoms with E-state index in [1.165, 1.54) is 11.1 Å². The Morgan fingerprint density at radius 1 is 1.10 bits per heavy atom. The average Bonchev–Trinajstić information content (AvgIpc) is 2.66. The van der Waals surface area contributed by atoms with Crippen LogP contribution < -0.4 is 4.74 Å². The van der Waals surface area contributed by atoms with Crippen LogP contribution in [0.15, 0.2) is 35.9 Å². The maximum absolute atomic E-state index is 6.29. The first-order chi connectivity index (χ1) is 13.7. The molecule has 29 heavy (non-hydrogen) atoms. The molecule has 0 atom stereocenters. The molecule has 166 valence electrons. The standard InChI is InChI=1S/C24H42O4Si/c1-24(2,3)29(6,7)28-17-9-8-12-22(19-27-20-25-4)15-10-13-21-14-11-16-23(18-21)26-5/h11,14-16,18H,8-10,12-13,17,19-20H2,1-7H3. The lowest BCUT2D eigenvalue weighted by Gasteiger charge is -2.36. The van der Waals surface area contributed by atoms with E-state index in [0.29, 0.717) is 13.4 Å². The van der Waals surface area contributed by atoms with Gasteiger partial charge in [-0.25, -0.2) is 0 Å². The van der Waals surface area contributed by atoms with E-state index in [4.69, 9.17) is 18.6 Å². The summed E-state index contributed by atoms with van der Waals surface area (Å²) < 4.78 is 22.2. The summed E-state index contributed by atoms with van der Waals surface area (Å²) >= 11 is 0. The summed E-state index contributed by atoms with van der Waals surface area (Å²) in [5, 5.41) is 0.270. The monoisotopic (exact) mass is 422 g/mol. The summed E-state index contributed by atoms with van der Waals surface area (Å²) in [6.45, 7) is 13.3. The fourth-order valence-corrected chi connectivity index (χ4v) is 3.85. The fraction of sp³-hybridized carbons (Fsp3) is 0.667. The van der Waals surface area contributed by atoms with Crippen LogP contribution in [-0.4, -0.2) is 42.5 Å². The number of aryl methyl sites for hydroxylation is 1. The van der Waals surface area contributed by atoms with Crippen LogP contribution >= 0.6 is 0 Å². The molecule has 1 aromatic rings. The van der Waals surface area contributed by atoms with E-state index < -0.39 is 8.32 Å². The molecule has 1 aromatic carbocycles. The highest BCUT2D eigenvalue weighted by molar-refractivity contribution is 6.74. The number of allylic oxidation sites excluding steroid dienone is 1. The Balaban J connectivity index is 2.47. The zero-order chi connectivity index (χ0) is 21.8. The van der Waals surface area contributed by atoms with E-state index in [0.717, 1.165) is 44.5 Å². The quantitative estimate of drug-likeness (QED) is 0.151. The van der Waals surface area contributed by atoms with Crippen molar-refractivity contribution in [3.05, 3.63) is 41.5 Å². The molecular formula is C24H42O4Si. The van der Waals surface area contributed by atoms with Crippen molar-refractivity contribution in [2.75, 3.05) is 34.2 Å². The van der Waals surface area contributed by atoms with E-state index in [2.05, 4.69) is 52.1 Å². The van der Waals surface area contributed by atoms with E-state index in [9.17, 15) is 0 Å². The number of rotatable bonds is 14. The molecule has 0 aliphatic rings. The van der Waals surface area contributed by atoms with E-state index in [1.807, 2.05) is 12.1 Å². The topological polar surface area (TPSA) is 36.9 Å². The van der Waals surface area contributed by atoms with Crippen molar-refractivity contribution in [1.29, 1.82) is 0 Å². The van der Waals surface area contributed by atoms with Gasteiger partial charge in [0.25, 0.3) is 0 Å². The second kappa shape index (κ2) is 13.2. The van der Waals surface area contributed by atoms with Gasteiger partial charge >= 0.3 is 0 Å². The third kappa shape index (κ3) is 10.4. The number of hydrogen-bond acceptors (Lipinski definition) is 4. The van der Waals surface area contributed by atoms with Gasteiger partial charge in [-0.05, 0) is 73.5 Å². The average molecular weight is 423 g/mol. The van der Waals surface area contributed by atoms with Crippen LogP contribution in [-0.2, 0) is 20.3 Å². The SMILES string of the molecule is COCOCC(=CCCc1cccc(OC)c1)CCCCO[Si](C)(C)C(C)(C)C. The largest absolute Gasteiger partial charge is 0.497 e. The minimum Gasteiger partial charge on any atom is -0.497 e. The van der Waals surface area contributed by atoms with E-state index in [-0.39, 0.29) is 5.04 Å². The second-order valence-electron chi connectivity index (χ2n) is 9.07. The molecule has 0 saturated heterocycles. The fourth-order valence-electron chi connectivity index (χ4n) is 2.76. The zero-order valence-electron chi connectivity index (χ0n) is 19.7. The Morgan fingerprint density at radius 3 is 2.52 bits per heavy atom. The van der Waals surface area contributed by atoms with Crippen LogP contribution in [0.3, 0.4) is 0 Å². The van der Waals surface area contributed by atoms with Gasteiger partial charge in [0.15, 0.2) is 8.32 Å². The van der Waals surface area contributed by atoms with Crippen LogP contribution in [0.2, 0.25) is 18.1 Å². The minimum atomic E-state index is -1.64. The van der Waals surface area contributed by atoms with Gasteiger partial charge in [0.2, 0.25) is 0 Å². The smallest absolute Gasteiger partial charge is 0.191 e. The lowest BCUT2D eigenvalue weighted by molar-refractivity contribution is -0.0218. The molecule has 0 unspecified atom stereocenters. The molecule has 0 aromatic heterocycles. The number of ether oxygens (including phenoxy) is 3. The summed E-state index contributed by atoms with van der Waals surface area (Å²) in [6.07, 6.45) is 7.57. The first-order valence-electron chi connectivity index (χ1n) is 10.7. The van der Waals surface area contributed by atoms with Crippen molar-refractivity contribution in [2.24, 2.45) is 0 Å². The van der Waals surface area contributed by atoms with Gasteiger partial charge in [0, 0.05) is 13.7 Å². The Hall–Kier alpha value is -1.14. The van der Waals surface area contributed by atoms with Crippen molar-refractivity contribution < 1.29 is 18.6 Å². The molecule has 4 nitrogen and oxygen atoms in total. The maximum Gasteiger partial charge on any atom is 0.191 e. The van der Waals surface area contributed by atoms with Crippen molar-refractivity contribution in [2.45, 2.75) is 71.0 Å².